The topological polar surface area (TPSA) is 46.6 Å². The van der Waals surface area contributed by atoms with E-state index >= 15 is 0 Å². The molecular formula is C20H31NO3. The summed E-state index contributed by atoms with van der Waals surface area (Å²) in [7, 11) is 3.93. The predicted molar refractivity (Wildman–Crippen MR) is 97.7 cm³/mol. The fourth-order valence-electron chi connectivity index (χ4n) is 2.98. The molecule has 0 spiro atoms. The first-order valence-corrected chi connectivity index (χ1v) is 8.48. The van der Waals surface area contributed by atoms with Crippen LogP contribution in [-0.4, -0.2) is 43.4 Å². The Labute approximate surface area is 146 Å². The number of ketones is 1. The summed E-state index contributed by atoms with van der Waals surface area (Å²) in [6.45, 7) is 12.6. The molecule has 0 saturated heterocycles. The van der Waals surface area contributed by atoms with Gasteiger partial charge in [0.1, 0.15) is 0 Å². The summed E-state index contributed by atoms with van der Waals surface area (Å²) >= 11 is 0. The van der Waals surface area contributed by atoms with Gasteiger partial charge in [-0.25, -0.2) is 0 Å². The molecule has 24 heavy (non-hydrogen) atoms. The van der Waals surface area contributed by atoms with Crippen molar-refractivity contribution in [2.75, 3.05) is 20.6 Å². The lowest BCUT2D eigenvalue weighted by Gasteiger charge is -2.36. The lowest BCUT2D eigenvalue weighted by Crippen LogP contribution is -2.39. The van der Waals surface area contributed by atoms with Crippen LogP contribution < -0.4 is 0 Å². The lowest BCUT2D eigenvalue weighted by atomic mass is 9.71. The van der Waals surface area contributed by atoms with Gasteiger partial charge in [0.05, 0.1) is 0 Å². The van der Waals surface area contributed by atoms with Crippen LogP contribution in [0.2, 0.25) is 0 Å². The molecule has 1 aliphatic rings. The molecule has 0 aromatic rings. The Morgan fingerprint density at radius 1 is 1.42 bits per heavy atom. The number of carbonyl (C=O) groups excluding carboxylic acids is 2. The quantitative estimate of drug-likeness (QED) is 0.526. The van der Waals surface area contributed by atoms with Crippen molar-refractivity contribution in [2.45, 2.75) is 53.1 Å². The monoisotopic (exact) mass is 333 g/mol. The number of rotatable bonds is 7. The lowest BCUT2D eigenvalue weighted by molar-refractivity contribution is -0.156. The summed E-state index contributed by atoms with van der Waals surface area (Å²) in [5, 5.41) is 0. The Hall–Kier alpha value is -1.68. The Bertz CT molecular complexity index is 567. The van der Waals surface area contributed by atoms with Crippen LogP contribution in [0, 0.1) is 5.41 Å². The molecule has 1 rings (SSSR count). The average Bonchev–Trinajstić information content (AvgIpc) is 2.43. The third-order valence-corrected chi connectivity index (χ3v) is 4.29. The molecule has 0 aromatic carbocycles. The first kappa shape index (κ1) is 20.4. The molecule has 134 valence electrons. The van der Waals surface area contributed by atoms with Gasteiger partial charge in [-0.1, -0.05) is 38.2 Å². The van der Waals surface area contributed by atoms with Gasteiger partial charge >= 0.3 is 5.97 Å². The Morgan fingerprint density at radius 2 is 2.04 bits per heavy atom. The van der Waals surface area contributed by atoms with Gasteiger partial charge in [-0.05, 0) is 57.5 Å². The third kappa shape index (κ3) is 5.75. The zero-order valence-electron chi connectivity index (χ0n) is 15.9. The van der Waals surface area contributed by atoms with E-state index in [9.17, 15) is 9.59 Å². The number of hydrogen-bond donors (Lipinski definition) is 0. The normalized spacial score (nSPS) is 20.8. The molecule has 1 atom stereocenters. The molecule has 0 radical (unpaired) electrons. The first-order chi connectivity index (χ1) is 11.0. The molecule has 0 heterocycles. The van der Waals surface area contributed by atoms with Crippen molar-refractivity contribution >= 4 is 11.8 Å². The molecule has 1 unspecified atom stereocenters. The van der Waals surface area contributed by atoms with Crippen molar-refractivity contribution in [3.63, 3.8) is 0 Å². The standard InChI is InChI=1S/C20H31NO3/c1-14(2)10-11-16-15(3)19(23)17(13-20(16,4)5)24-18(22)9-8-12-21(6)7/h10-11,17H,1,8-9,12-13H2,2-7H3/b11-10+. The largest absolute Gasteiger partial charge is 0.454 e. The Kier molecular flexibility index (Phi) is 7.15. The highest BCUT2D eigenvalue weighted by molar-refractivity contribution is 6.01. The van der Waals surface area contributed by atoms with Gasteiger partial charge in [-0.2, -0.15) is 0 Å². The van der Waals surface area contributed by atoms with Gasteiger partial charge in [0.2, 0.25) is 0 Å². The summed E-state index contributed by atoms with van der Waals surface area (Å²) < 4.78 is 5.48. The number of esters is 1. The molecule has 0 amide bonds. The molecule has 0 N–H and O–H groups in total. The van der Waals surface area contributed by atoms with Crippen molar-refractivity contribution in [3.05, 3.63) is 35.5 Å². The number of allylic oxidation sites excluding steroid dienone is 4. The van der Waals surface area contributed by atoms with Crippen LogP contribution in [0.5, 0.6) is 0 Å². The number of nitrogens with zero attached hydrogens (tertiary/aromatic N) is 1. The predicted octanol–water partition coefficient (Wildman–Crippen LogP) is 3.69. The molecule has 0 aliphatic heterocycles. The minimum atomic E-state index is -0.672. The minimum absolute atomic E-state index is 0.0864. The van der Waals surface area contributed by atoms with Crippen molar-refractivity contribution in [3.8, 4) is 0 Å². The number of carbonyl (C=O) groups is 2. The highest BCUT2D eigenvalue weighted by Crippen LogP contribution is 2.40. The first-order valence-electron chi connectivity index (χ1n) is 8.48. The van der Waals surface area contributed by atoms with Gasteiger partial charge in [0.25, 0.3) is 0 Å². The molecular weight excluding hydrogens is 302 g/mol. The van der Waals surface area contributed by atoms with Crippen molar-refractivity contribution in [1.82, 2.24) is 4.90 Å². The minimum Gasteiger partial charge on any atom is -0.454 e. The van der Waals surface area contributed by atoms with Crippen LogP contribution in [0.25, 0.3) is 0 Å². The van der Waals surface area contributed by atoms with Crippen molar-refractivity contribution in [1.29, 1.82) is 0 Å². The molecule has 0 fully saturated rings. The fourth-order valence-corrected chi connectivity index (χ4v) is 2.98. The zero-order chi connectivity index (χ0) is 18.5. The van der Waals surface area contributed by atoms with Gasteiger partial charge < -0.3 is 9.64 Å². The van der Waals surface area contributed by atoms with Crippen LogP contribution in [0.1, 0.15) is 47.0 Å². The molecule has 4 heteroatoms. The van der Waals surface area contributed by atoms with E-state index in [0.717, 1.165) is 24.1 Å². The SMILES string of the molecule is C=C(C)/C=C/C1=C(C)C(=O)C(OC(=O)CCCN(C)C)CC1(C)C. The van der Waals surface area contributed by atoms with Gasteiger partial charge in [-0.15, -0.1) is 0 Å². The van der Waals surface area contributed by atoms with Crippen LogP contribution in [0.4, 0.5) is 0 Å². The summed E-state index contributed by atoms with van der Waals surface area (Å²) in [6, 6.07) is 0. The summed E-state index contributed by atoms with van der Waals surface area (Å²) in [5.41, 5.74) is 2.39. The Balaban J connectivity index is 2.83. The molecule has 1 aliphatic carbocycles. The number of hydrogen-bond acceptors (Lipinski definition) is 4. The van der Waals surface area contributed by atoms with Gasteiger partial charge in [-0.3, -0.25) is 9.59 Å². The maximum absolute atomic E-state index is 12.6. The van der Waals surface area contributed by atoms with Crippen LogP contribution in [-0.2, 0) is 14.3 Å². The van der Waals surface area contributed by atoms with E-state index in [1.165, 1.54) is 0 Å². The molecule has 4 nitrogen and oxygen atoms in total. The highest BCUT2D eigenvalue weighted by atomic mass is 16.5. The summed E-state index contributed by atoms with van der Waals surface area (Å²) in [6.07, 6.45) is 4.80. The van der Waals surface area contributed by atoms with Crippen LogP contribution in [0.15, 0.2) is 35.5 Å². The Morgan fingerprint density at radius 3 is 2.58 bits per heavy atom. The maximum atomic E-state index is 12.6. The molecule has 0 saturated carbocycles. The van der Waals surface area contributed by atoms with E-state index in [4.69, 9.17) is 4.74 Å². The van der Waals surface area contributed by atoms with E-state index in [-0.39, 0.29) is 17.2 Å². The van der Waals surface area contributed by atoms with Crippen LogP contribution in [0.3, 0.4) is 0 Å². The van der Waals surface area contributed by atoms with E-state index < -0.39 is 6.10 Å². The average molecular weight is 333 g/mol. The van der Waals surface area contributed by atoms with Crippen LogP contribution >= 0.6 is 0 Å². The second-order valence-electron chi connectivity index (χ2n) is 7.56. The van der Waals surface area contributed by atoms with Gasteiger partial charge in [0.15, 0.2) is 11.9 Å². The highest BCUT2D eigenvalue weighted by Gasteiger charge is 2.39. The number of ether oxygens (including phenoxy) is 1. The second kappa shape index (κ2) is 8.43. The second-order valence-corrected chi connectivity index (χ2v) is 7.56. The zero-order valence-corrected chi connectivity index (χ0v) is 15.9. The molecule has 0 aromatic heterocycles. The van der Waals surface area contributed by atoms with Gasteiger partial charge in [0, 0.05) is 12.8 Å². The van der Waals surface area contributed by atoms with Crippen molar-refractivity contribution in [2.24, 2.45) is 5.41 Å². The van der Waals surface area contributed by atoms with Crippen molar-refractivity contribution < 1.29 is 14.3 Å². The third-order valence-electron chi connectivity index (χ3n) is 4.29. The smallest absolute Gasteiger partial charge is 0.306 e. The van der Waals surface area contributed by atoms with E-state index in [2.05, 4.69) is 20.4 Å². The molecule has 0 bridgehead atoms. The number of Topliss-reactive ketones (excluding diaryl/α,β-unsaturated/α-hetero) is 1. The van der Waals surface area contributed by atoms with E-state index in [0.29, 0.717) is 18.4 Å². The summed E-state index contributed by atoms with van der Waals surface area (Å²) in [5.74, 6) is -0.378. The van der Waals surface area contributed by atoms with E-state index in [1.54, 1.807) is 0 Å². The fraction of sp³-hybridized carbons (Fsp3) is 0.600. The maximum Gasteiger partial charge on any atom is 0.306 e. The van der Waals surface area contributed by atoms with E-state index in [1.807, 2.05) is 45.0 Å². The summed E-state index contributed by atoms with van der Waals surface area (Å²) in [4.78, 5) is 26.6.